The number of rotatable bonds is 2. The maximum atomic E-state index is 13.3. The topological polar surface area (TPSA) is 26.0 Å². The van der Waals surface area contributed by atoms with E-state index >= 15 is 0 Å². The molecule has 0 aliphatic carbocycles. The van der Waals surface area contributed by atoms with Gasteiger partial charge in [-0.3, -0.25) is 0 Å². The molecule has 0 saturated heterocycles. The molecule has 2 rings (SSSR count). The molecule has 2 nitrogen and oxygen atoms in total. The molecule has 15 heavy (non-hydrogen) atoms. The van der Waals surface area contributed by atoms with Crippen LogP contribution in [0.4, 0.5) is 8.78 Å². The number of alkyl halides is 1. The molecule has 0 saturated carbocycles. The molecule has 0 radical (unpaired) electrons. The zero-order valence-corrected chi connectivity index (χ0v) is 8.26. The van der Waals surface area contributed by atoms with Crippen molar-refractivity contribution in [2.24, 2.45) is 0 Å². The Kier molecular flexibility index (Phi) is 2.68. The highest BCUT2D eigenvalue weighted by Crippen LogP contribution is 2.24. The van der Waals surface area contributed by atoms with Gasteiger partial charge in [0.2, 0.25) is 0 Å². The maximum Gasteiger partial charge on any atom is 0.168 e. The van der Waals surface area contributed by atoms with E-state index < -0.39 is 11.6 Å². The highest BCUT2D eigenvalue weighted by molar-refractivity contribution is 6.16. The molecule has 0 N–H and O–H groups in total. The maximum absolute atomic E-state index is 13.3. The molecule has 0 spiro atoms. The van der Waals surface area contributed by atoms with Crippen LogP contribution in [0.1, 0.15) is 5.76 Å². The van der Waals surface area contributed by atoms with Crippen LogP contribution in [0.25, 0.3) is 11.3 Å². The SMILES string of the molecule is Fc1cccc(-c2cc(CCl)on2)c1F. The highest BCUT2D eigenvalue weighted by Gasteiger charge is 2.13. The van der Waals surface area contributed by atoms with Crippen LogP contribution in [0, 0.1) is 11.6 Å². The summed E-state index contributed by atoms with van der Waals surface area (Å²) in [5, 5.41) is 3.59. The molecule has 0 fully saturated rings. The monoisotopic (exact) mass is 229 g/mol. The predicted octanol–water partition coefficient (Wildman–Crippen LogP) is 3.36. The Hall–Kier alpha value is -1.42. The van der Waals surface area contributed by atoms with Crippen LogP contribution in [0.2, 0.25) is 0 Å². The first kappa shape index (κ1) is 10.1. The Morgan fingerprint density at radius 2 is 2.13 bits per heavy atom. The van der Waals surface area contributed by atoms with Crippen molar-refractivity contribution in [3.05, 3.63) is 41.7 Å². The van der Waals surface area contributed by atoms with E-state index in [9.17, 15) is 8.78 Å². The Morgan fingerprint density at radius 1 is 1.33 bits per heavy atom. The fraction of sp³-hybridized carbons (Fsp3) is 0.100. The molecule has 2 aromatic rings. The van der Waals surface area contributed by atoms with E-state index in [1.165, 1.54) is 18.2 Å². The molecule has 5 heteroatoms. The molecule has 1 heterocycles. The average molecular weight is 230 g/mol. The van der Waals surface area contributed by atoms with Crippen molar-refractivity contribution >= 4 is 11.6 Å². The van der Waals surface area contributed by atoms with E-state index in [4.69, 9.17) is 16.1 Å². The van der Waals surface area contributed by atoms with Crippen molar-refractivity contribution in [2.45, 2.75) is 5.88 Å². The lowest BCUT2D eigenvalue weighted by molar-refractivity contribution is 0.396. The summed E-state index contributed by atoms with van der Waals surface area (Å²) in [5.41, 5.74) is 0.303. The first-order valence-electron chi connectivity index (χ1n) is 4.18. The van der Waals surface area contributed by atoms with E-state index in [0.717, 1.165) is 6.07 Å². The summed E-state index contributed by atoms with van der Waals surface area (Å²) in [6.45, 7) is 0. The van der Waals surface area contributed by atoms with Crippen LogP contribution >= 0.6 is 11.6 Å². The zero-order chi connectivity index (χ0) is 10.8. The Morgan fingerprint density at radius 3 is 2.80 bits per heavy atom. The minimum atomic E-state index is -0.938. The Bertz CT molecular complexity index is 484. The lowest BCUT2D eigenvalue weighted by Crippen LogP contribution is -1.88. The lowest BCUT2D eigenvalue weighted by atomic mass is 10.1. The summed E-state index contributed by atoms with van der Waals surface area (Å²) in [4.78, 5) is 0. The molecule has 0 amide bonds. The van der Waals surface area contributed by atoms with E-state index in [1.807, 2.05) is 0 Å². The summed E-state index contributed by atoms with van der Waals surface area (Å²) in [7, 11) is 0. The molecule has 0 bridgehead atoms. The Balaban J connectivity index is 2.49. The third kappa shape index (κ3) is 1.85. The van der Waals surface area contributed by atoms with Gasteiger partial charge < -0.3 is 4.52 Å². The molecule has 0 atom stereocenters. The highest BCUT2D eigenvalue weighted by atomic mass is 35.5. The number of halogens is 3. The van der Waals surface area contributed by atoms with Crippen LogP contribution in [-0.2, 0) is 5.88 Å². The molecular formula is C10H6ClF2NO. The van der Waals surface area contributed by atoms with Gasteiger partial charge in [-0.15, -0.1) is 11.6 Å². The van der Waals surface area contributed by atoms with Crippen molar-refractivity contribution in [1.82, 2.24) is 5.16 Å². The van der Waals surface area contributed by atoms with Gasteiger partial charge in [-0.25, -0.2) is 8.78 Å². The summed E-state index contributed by atoms with van der Waals surface area (Å²) in [6, 6.07) is 5.35. The second-order valence-corrected chi connectivity index (χ2v) is 3.18. The van der Waals surface area contributed by atoms with Crippen LogP contribution in [0.3, 0.4) is 0 Å². The molecule has 1 aromatic carbocycles. The standard InChI is InChI=1S/C10H6ClF2NO/c11-5-6-4-9(14-15-6)7-2-1-3-8(12)10(7)13/h1-4H,5H2. The Labute approximate surface area is 89.5 Å². The van der Waals surface area contributed by atoms with Crippen LogP contribution in [0.5, 0.6) is 0 Å². The first-order valence-corrected chi connectivity index (χ1v) is 4.71. The number of aromatic nitrogens is 1. The second-order valence-electron chi connectivity index (χ2n) is 2.91. The van der Waals surface area contributed by atoms with Crippen molar-refractivity contribution in [3.8, 4) is 11.3 Å². The minimum Gasteiger partial charge on any atom is -0.359 e. The predicted molar refractivity (Wildman–Crippen MR) is 51.4 cm³/mol. The smallest absolute Gasteiger partial charge is 0.168 e. The van der Waals surface area contributed by atoms with Crippen molar-refractivity contribution in [1.29, 1.82) is 0 Å². The quantitative estimate of drug-likeness (QED) is 0.738. The van der Waals surface area contributed by atoms with Crippen molar-refractivity contribution < 1.29 is 13.3 Å². The largest absolute Gasteiger partial charge is 0.359 e. The fourth-order valence-corrected chi connectivity index (χ4v) is 1.33. The molecule has 78 valence electrons. The summed E-state index contributed by atoms with van der Waals surface area (Å²) in [5.74, 6) is -1.30. The zero-order valence-electron chi connectivity index (χ0n) is 7.51. The van der Waals surface area contributed by atoms with Gasteiger partial charge in [-0.1, -0.05) is 11.2 Å². The van der Waals surface area contributed by atoms with Gasteiger partial charge in [0.15, 0.2) is 17.4 Å². The number of hydrogen-bond donors (Lipinski definition) is 0. The number of nitrogens with zero attached hydrogens (tertiary/aromatic N) is 1. The second kappa shape index (κ2) is 3.98. The van der Waals surface area contributed by atoms with Crippen LogP contribution in [0.15, 0.2) is 28.8 Å². The van der Waals surface area contributed by atoms with Gasteiger partial charge in [0, 0.05) is 11.6 Å². The average Bonchev–Trinajstić information content (AvgIpc) is 2.70. The number of hydrogen-bond acceptors (Lipinski definition) is 2. The summed E-state index contributed by atoms with van der Waals surface area (Å²) < 4.78 is 31.0. The molecule has 0 aliphatic rings. The van der Waals surface area contributed by atoms with Crippen molar-refractivity contribution in [2.75, 3.05) is 0 Å². The van der Waals surface area contributed by atoms with Gasteiger partial charge in [0.05, 0.1) is 5.88 Å². The molecule has 0 aliphatic heterocycles. The molecule has 0 unspecified atom stereocenters. The number of benzene rings is 1. The van der Waals surface area contributed by atoms with Gasteiger partial charge in [0.1, 0.15) is 5.69 Å². The van der Waals surface area contributed by atoms with E-state index in [-0.39, 0.29) is 17.1 Å². The lowest BCUT2D eigenvalue weighted by Gasteiger charge is -1.97. The third-order valence-electron chi connectivity index (χ3n) is 1.92. The summed E-state index contributed by atoms with van der Waals surface area (Å²) in [6.07, 6.45) is 0. The third-order valence-corrected chi connectivity index (χ3v) is 2.18. The van der Waals surface area contributed by atoms with Gasteiger partial charge in [-0.2, -0.15) is 0 Å². The van der Waals surface area contributed by atoms with Crippen LogP contribution < -0.4 is 0 Å². The van der Waals surface area contributed by atoms with E-state index in [1.54, 1.807) is 0 Å². The molecular weight excluding hydrogens is 224 g/mol. The molecule has 1 aromatic heterocycles. The van der Waals surface area contributed by atoms with E-state index in [2.05, 4.69) is 5.16 Å². The van der Waals surface area contributed by atoms with Crippen molar-refractivity contribution in [3.63, 3.8) is 0 Å². The minimum absolute atomic E-state index is 0.0649. The summed E-state index contributed by atoms with van der Waals surface area (Å²) >= 11 is 5.50. The van der Waals surface area contributed by atoms with Gasteiger partial charge in [0.25, 0.3) is 0 Å². The van der Waals surface area contributed by atoms with Crippen LogP contribution in [-0.4, -0.2) is 5.16 Å². The van der Waals surface area contributed by atoms with Gasteiger partial charge >= 0.3 is 0 Å². The van der Waals surface area contributed by atoms with E-state index in [0.29, 0.717) is 5.76 Å². The first-order chi connectivity index (χ1) is 7.22. The normalized spacial score (nSPS) is 10.6. The fourth-order valence-electron chi connectivity index (χ4n) is 1.20. The van der Waals surface area contributed by atoms with Gasteiger partial charge in [-0.05, 0) is 12.1 Å².